The molecule has 0 aromatic rings. The van der Waals surface area contributed by atoms with Gasteiger partial charge in [0.05, 0.1) is 33.0 Å². The highest BCUT2D eigenvalue weighted by Gasteiger charge is 2.25. The summed E-state index contributed by atoms with van der Waals surface area (Å²) >= 11 is 0. The van der Waals surface area contributed by atoms with Gasteiger partial charge in [-0.3, -0.25) is 23.4 Å². The van der Waals surface area contributed by atoms with E-state index >= 15 is 0 Å². The summed E-state index contributed by atoms with van der Waals surface area (Å²) in [6.07, 6.45) is -1.63. The zero-order valence-electron chi connectivity index (χ0n) is 20.3. The van der Waals surface area contributed by atoms with Gasteiger partial charge in [0.2, 0.25) is 5.91 Å². The molecule has 2 atom stereocenters. The highest BCUT2D eigenvalue weighted by Crippen LogP contribution is 2.43. The SMILES string of the molecule is CC(=O)OC[C@H](COP(=O)(O)OCCNC(=O)COCCOCCOC(=O)NC(C)C)OC(C)=O. The highest BCUT2D eigenvalue weighted by molar-refractivity contribution is 7.47. The summed E-state index contributed by atoms with van der Waals surface area (Å²) in [7, 11) is -4.52. The van der Waals surface area contributed by atoms with Crippen LogP contribution in [0.1, 0.15) is 27.7 Å². The minimum absolute atomic E-state index is 0.0256. The fraction of sp³-hybridized carbons (Fsp3) is 0.789. The van der Waals surface area contributed by atoms with E-state index in [9.17, 15) is 28.6 Å². The van der Waals surface area contributed by atoms with Crippen LogP contribution in [-0.2, 0) is 51.7 Å². The number of phosphoric acid groups is 1. The number of hydrogen-bond donors (Lipinski definition) is 3. The fourth-order valence-electron chi connectivity index (χ4n) is 2.03. The van der Waals surface area contributed by atoms with Crippen molar-refractivity contribution in [1.29, 1.82) is 0 Å². The maximum atomic E-state index is 11.9. The molecule has 15 nitrogen and oxygen atoms in total. The summed E-state index contributed by atoms with van der Waals surface area (Å²) in [6.45, 7) is 4.77. The van der Waals surface area contributed by atoms with Crippen LogP contribution >= 0.6 is 7.82 Å². The lowest BCUT2D eigenvalue weighted by Gasteiger charge is -2.18. The summed E-state index contributed by atoms with van der Waals surface area (Å²) < 4.78 is 46.0. The number of phosphoric ester groups is 1. The average molecular weight is 530 g/mol. The molecule has 0 aromatic heterocycles. The van der Waals surface area contributed by atoms with Gasteiger partial charge in [0.25, 0.3) is 0 Å². The third kappa shape index (κ3) is 21.9. The number of ether oxygens (including phenoxy) is 5. The third-order valence-corrected chi connectivity index (χ3v) is 4.36. The van der Waals surface area contributed by atoms with Crippen LogP contribution in [0, 0.1) is 0 Å². The largest absolute Gasteiger partial charge is 0.472 e. The number of carbonyl (C=O) groups excluding carboxylic acids is 4. The molecule has 0 saturated carbocycles. The maximum absolute atomic E-state index is 11.9. The molecule has 0 aliphatic rings. The summed E-state index contributed by atoms with van der Waals surface area (Å²) in [6, 6.07) is -0.0256. The predicted octanol–water partition coefficient (Wildman–Crippen LogP) is -0.101. The number of hydrogen-bond acceptors (Lipinski definition) is 12. The molecule has 0 rings (SSSR count). The number of carbonyl (C=O) groups is 4. The molecular weight excluding hydrogens is 495 g/mol. The van der Waals surface area contributed by atoms with Crippen molar-refractivity contribution in [2.75, 3.05) is 59.4 Å². The summed E-state index contributed by atoms with van der Waals surface area (Å²) in [4.78, 5) is 54.4. The molecule has 0 aliphatic heterocycles. The van der Waals surface area contributed by atoms with Gasteiger partial charge in [-0.05, 0) is 13.8 Å². The standard InChI is InChI=1S/C19H35N2O13P/c1-14(2)21-19(25)30-10-9-28-7-8-29-13-18(24)20-5-6-32-35(26,27)33-12-17(34-16(4)23)11-31-15(3)22/h14,17H,5-13H2,1-4H3,(H,20,24)(H,21,25)(H,26,27)/t17-/m1/s1. The predicted molar refractivity (Wildman–Crippen MR) is 118 cm³/mol. The average Bonchev–Trinajstić information content (AvgIpc) is 2.74. The van der Waals surface area contributed by atoms with Crippen molar-refractivity contribution >= 4 is 31.8 Å². The van der Waals surface area contributed by atoms with Crippen LogP contribution in [0.25, 0.3) is 0 Å². The smallest absolute Gasteiger partial charge is 0.462 e. The Balaban J connectivity index is 3.86. The molecule has 0 radical (unpaired) electrons. The Labute approximate surface area is 203 Å². The van der Waals surface area contributed by atoms with Gasteiger partial charge < -0.3 is 39.2 Å². The summed E-state index contributed by atoms with van der Waals surface area (Å²) in [5.74, 6) is -1.82. The van der Waals surface area contributed by atoms with E-state index in [2.05, 4.69) is 15.4 Å². The Morgan fingerprint density at radius 2 is 1.51 bits per heavy atom. The first kappa shape index (κ1) is 32.7. The van der Waals surface area contributed by atoms with Crippen molar-refractivity contribution in [3.63, 3.8) is 0 Å². The van der Waals surface area contributed by atoms with Crippen LogP contribution in [0.5, 0.6) is 0 Å². The van der Waals surface area contributed by atoms with Gasteiger partial charge >= 0.3 is 25.9 Å². The van der Waals surface area contributed by atoms with E-state index in [1.54, 1.807) is 13.8 Å². The second kappa shape index (κ2) is 19.0. The van der Waals surface area contributed by atoms with Gasteiger partial charge in [-0.15, -0.1) is 0 Å². The third-order valence-electron chi connectivity index (χ3n) is 3.38. The number of amides is 2. The van der Waals surface area contributed by atoms with Gasteiger partial charge in [0.15, 0.2) is 6.10 Å². The van der Waals surface area contributed by atoms with Crippen molar-refractivity contribution in [2.45, 2.75) is 39.8 Å². The number of rotatable bonds is 19. The highest BCUT2D eigenvalue weighted by atomic mass is 31.2. The maximum Gasteiger partial charge on any atom is 0.472 e. The zero-order chi connectivity index (χ0) is 26.7. The molecule has 0 saturated heterocycles. The van der Waals surface area contributed by atoms with E-state index in [4.69, 9.17) is 28.0 Å². The lowest BCUT2D eigenvalue weighted by Crippen LogP contribution is -2.32. The fourth-order valence-corrected chi connectivity index (χ4v) is 2.78. The van der Waals surface area contributed by atoms with Crippen LogP contribution < -0.4 is 10.6 Å². The van der Waals surface area contributed by atoms with Crippen molar-refractivity contribution in [3.8, 4) is 0 Å². The van der Waals surface area contributed by atoms with E-state index in [0.29, 0.717) is 0 Å². The first-order chi connectivity index (χ1) is 16.4. The topological polar surface area (TPSA) is 194 Å². The van der Waals surface area contributed by atoms with Gasteiger partial charge in [-0.2, -0.15) is 0 Å². The molecule has 0 bridgehead atoms. The van der Waals surface area contributed by atoms with Gasteiger partial charge in [0.1, 0.15) is 19.8 Å². The van der Waals surface area contributed by atoms with Crippen molar-refractivity contribution in [3.05, 3.63) is 0 Å². The first-order valence-electron chi connectivity index (χ1n) is 10.7. The molecule has 0 spiro atoms. The number of alkyl carbamates (subject to hydrolysis) is 1. The Hall–Kier alpha value is -2.29. The quantitative estimate of drug-likeness (QED) is 0.0868. The molecule has 204 valence electrons. The normalized spacial score (nSPS) is 13.4. The number of esters is 2. The monoisotopic (exact) mass is 530 g/mol. The zero-order valence-corrected chi connectivity index (χ0v) is 21.2. The molecular formula is C19H35N2O13P. The van der Waals surface area contributed by atoms with E-state index in [1.165, 1.54) is 0 Å². The minimum Gasteiger partial charge on any atom is -0.462 e. The lowest BCUT2D eigenvalue weighted by molar-refractivity contribution is -0.158. The second-order valence-electron chi connectivity index (χ2n) is 7.08. The molecule has 0 fully saturated rings. The Morgan fingerprint density at radius 3 is 2.14 bits per heavy atom. The Morgan fingerprint density at radius 1 is 0.857 bits per heavy atom. The molecule has 16 heteroatoms. The van der Waals surface area contributed by atoms with Crippen LogP contribution in [0.15, 0.2) is 0 Å². The van der Waals surface area contributed by atoms with Crippen LogP contribution in [-0.4, -0.2) is 100 Å². The molecule has 35 heavy (non-hydrogen) atoms. The summed E-state index contributed by atoms with van der Waals surface area (Å²) in [5, 5.41) is 4.97. The number of nitrogens with one attached hydrogen (secondary N) is 2. The van der Waals surface area contributed by atoms with Crippen LogP contribution in [0.2, 0.25) is 0 Å². The minimum atomic E-state index is -4.52. The molecule has 1 unspecified atom stereocenters. The van der Waals surface area contributed by atoms with Crippen molar-refractivity contribution in [1.82, 2.24) is 10.6 Å². The summed E-state index contributed by atoms with van der Waals surface area (Å²) in [5.41, 5.74) is 0. The molecule has 2 amide bonds. The molecule has 0 aromatic carbocycles. The van der Waals surface area contributed by atoms with E-state index < -0.39 is 44.5 Å². The van der Waals surface area contributed by atoms with Crippen LogP contribution in [0.3, 0.4) is 0 Å². The van der Waals surface area contributed by atoms with Gasteiger partial charge in [-0.25, -0.2) is 9.36 Å². The van der Waals surface area contributed by atoms with Crippen LogP contribution in [0.4, 0.5) is 4.79 Å². The first-order valence-corrected chi connectivity index (χ1v) is 12.2. The Bertz CT molecular complexity index is 704. The molecule has 0 aliphatic carbocycles. The van der Waals surface area contributed by atoms with Crippen molar-refractivity contribution in [2.24, 2.45) is 0 Å². The van der Waals surface area contributed by atoms with Gasteiger partial charge in [-0.1, -0.05) is 0 Å². The van der Waals surface area contributed by atoms with E-state index in [1.807, 2.05) is 0 Å². The van der Waals surface area contributed by atoms with E-state index in [-0.39, 0.29) is 58.8 Å². The van der Waals surface area contributed by atoms with Gasteiger partial charge in [0, 0.05) is 26.4 Å². The van der Waals surface area contributed by atoms with E-state index in [0.717, 1.165) is 13.8 Å². The Kier molecular flexibility index (Phi) is 17.7. The second-order valence-corrected chi connectivity index (χ2v) is 8.53. The lowest BCUT2D eigenvalue weighted by atomic mass is 10.4. The molecule has 0 heterocycles. The van der Waals surface area contributed by atoms with Crippen molar-refractivity contribution < 1.29 is 61.4 Å². The molecule has 3 N–H and O–H groups in total.